The smallest absolute Gasteiger partial charge is 0.162 e. The minimum absolute atomic E-state index is 0.331. The van der Waals surface area contributed by atoms with Gasteiger partial charge in [-0.25, -0.2) is 0 Å². The van der Waals surface area contributed by atoms with Gasteiger partial charge in [0.15, 0.2) is 5.75 Å². The first-order valence-corrected chi connectivity index (χ1v) is 4.20. The van der Waals surface area contributed by atoms with Crippen LogP contribution in [0.15, 0.2) is 18.2 Å². The first-order valence-electron chi connectivity index (χ1n) is 4.20. The molecule has 0 aliphatic rings. The Hall–Kier alpha value is -1.38. The maximum absolute atomic E-state index is 9.85. The largest absolute Gasteiger partial charge is 0.504 e. The van der Waals surface area contributed by atoms with Gasteiger partial charge in [0.1, 0.15) is 0 Å². The average molecular weight is 180 g/mol. The van der Waals surface area contributed by atoms with Gasteiger partial charge in [0.25, 0.3) is 0 Å². The van der Waals surface area contributed by atoms with Crippen molar-refractivity contribution in [3.8, 4) is 5.75 Å². The van der Waals surface area contributed by atoms with Crippen molar-refractivity contribution in [3.05, 3.63) is 18.2 Å². The van der Waals surface area contributed by atoms with E-state index in [-0.39, 0.29) is 0 Å². The third-order valence-electron chi connectivity index (χ3n) is 1.96. The number of aromatic hydroxyl groups is 1. The number of phenolic OH excluding ortho intramolecular Hbond substituents is 1. The molecule has 0 atom stereocenters. The molecule has 72 valence electrons. The van der Waals surface area contributed by atoms with Gasteiger partial charge in [-0.3, -0.25) is 0 Å². The molecule has 0 spiro atoms. The Morgan fingerprint density at radius 1 is 0.923 bits per heavy atom. The predicted octanol–water partition coefficient (Wildman–Crippen LogP) is 1.52. The molecule has 0 amide bonds. The fourth-order valence-corrected chi connectivity index (χ4v) is 1.24. The maximum Gasteiger partial charge on any atom is 0.162 e. The van der Waals surface area contributed by atoms with Gasteiger partial charge in [-0.05, 0) is 12.1 Å². The van der Waals surface area contributed by atoms with Gasteiger partial charge < -0.3 is 14.9 Å². The van der Waals surface area contributed by atoms with E-state index in [2.05, 4.69) is 0 Å². The SMILES string of the molecule is CN(C)c1cccc(N(C)C)c1O. The summed E-state index contributed by atoms with van der Waals surface area (Å²) >= 11 is 0. The number of benzene rings is 1. The van der Waals surface area contributed by atoms with Crippen molar-refractivity contribution in [1.82, 2.24) is 0 Å². The zero-order chi connectivity index (χ0) is 10.0. The second kappa shape index (κ2) is 3.56. The molecule has 1 aromatic rings. The predicted molar refractivity (Wildman–Crippen MR) is 56.8 cm³/mol. The normalized spacial score (nSPS) is 9.85. The Morgan fingerprint density at radius 2 is 1.31 bits per heavy atom. The van der Waals surface area contributed by atoms with Gasteiger partial charge in [0.2, 0.25) is 0 Å². The Labute approximate surface area is 79.2 Å². The second-order valence-electron chi connectivity index (χ2n) is 3.43. The molecule has 0 heterocycles. The molecule has 13 heavy (non-hydrogen) atoms. The van der Waals surface area contributed by atoms with Crippen molar-refractivity contribution < 1.29 is 5.11 Å². The molecule has 0 fully saturated rings. The van der Waals surface area contributed by atoms with E-state index in [0.717, 1.165) is 11.4 Å². The highest BCUT2D eigenvalue weighted by atomic mass is 16.3. The lowest BCUT2D eigenvalue weighted by atomic mass is 10.2. The molecule has 1 aromatic carbocycles. The van der Waals surface area contributed by atoms with Gasteiger partial charge in [-0.2, -0.15) is 0 Å². The lowest BCUT2D eigenvalue weighted by Crippen LogP contribution is -2.12. The van der Waals surface area contributed by atoms with Crippen LogP contribution in [0, 0.1) is 0 Å². The van der Waals surface area contributed by atoms with Crippen molar-refractivity contribution in [2.75, 3.05) is 38.0 Å². The quantitative estimate of drug-likeness (QED) is 0.747. The highest BCUT2D eigenvalue weighted by Gasteiger charge is 2.08. The summed E-state index contributed by atoms with van der Waals surface area (Å²) in [6.45, 7) is 0. The number of anilines is 2. The number of rotatable bonds is 2. The van der Waals surface area contributed by atoms with Gasteiger partial charge in [-0.15, -0.1) is 0 Å². The van der Waals surface area contributed by atoms with E-state index in [0.29, 0.717) is 5.75 Å². The maximum atomic E-state index is 9.85. The highest BCUT2D eigenvalue weighted by molar-refractivity contribution is 5.71. The molecule has 3 nitrogen and oxygen atoms in total. The molecular weight excluding hydrogens is 164 g/mol. The summed E-state index contributed by atoms with van der Waals surface area (Å²) in [5, 5.41) is 9.85. The Balaban J connectivity index is 3.18. The van der Waals surface area contributed by atoms with Crippen LogP contribution in [0.4, 0.5) is 11.4 Å². The Bertz CT molecular complexity index is 269. The van der Waals surface area contributed by atoms with E-state index in [1.807, 2.05) is 56.2 Å². The number of hydrogen-bond acceptors (Lipinski definition) is 3. The van der Waals surface area contributed by atoms with Crippen molar-refractivity contribution in [2.24, 2.45) is 0 Å². The topological polar surface area (TPSA) is 26.7 Å². The van der Waals surface area contributed by atoms with Gasteiger partial charge in [0.05, 0.1) is 11.4 Å². The van der Waals surface area contributed by atoms with E-state index < -0.39 is 0 Å². The molecule has 3 heteroatoms. The number of para-hydroxylation sites is 1. The van der Waals surface area contributed by atoms with Gasteiger partial charge in [0, 0.05) is 28.2 Å². The highest BCUT2D eigenvalue weighted by Crippen LogP contribution is 2.34. The third-order valence-corrected chi connectivity index (χ3v) is 1.96. The molecule has 0 aliphatic heterocycles. The van der Waals surface area contributed by atoms with E-state index in [4.69, 9.17) is 0 Å². The summed E-state index contributed by atoms with van der Waals surface area (Å²) in [7, 11) is 7.64. The molecule has 0 aliphatic carbocycles. The summed E-state index contributed by atoms with van der Waals surface area (Å²) in [6.07, 6.45) is 0. The van der Waals surface area contributed by atoms with Crippen molar-refractivity contribution >= 4 is 11.4 Å². The molecule has 0 saturated heterocycles. The fraction of sp³-hybridized carbons (Fsp3) is 0.400. The van der Waals surface area contributed by atoms with E-state index in [9.17, 15) is 5.11 Å². The van der Waals surface area contributed by atoms with Crippen LogP contribution in [-0.2, 0) is 0 Å². The van der Waals surface area contributed by atoms with Crippen molar-refractivity contribution in [2.45, 2.75) is 0 Å². The number of hydrogen-bond donors (Lipinski definition) is 1. The lowest BCUT2D eigenvalue weighted by Gasteiger charge is -2.20. The van der Waals surface area contributed by atoms with E-state index >= 15 is 0 Å². The van der Waals surface area contributed by atoms with Crippen molar-refractivity contribution in [3.63, 3.8) is 0 Å². The van der Waals surface area contributed by atoms with Crippen LogP contribution in [-0.4, -0.2) is 33.3 Å². The monoisotopic (exact) mass is 180 g/mol. The van der Waals surface area contributed by atoms with Crippen LogP contribution >= 0.6 is 0 Å². The third kappa shape index (κ3) is 1.86. The molecule has 0 unspecified atom stereocenters. The van der Waals surface area contributed by atoms with E-state index in [1.54, 1.807) is 0 Å². The number of phenols is 1. The van der Waals surface area contributed by atoms with Gasteiger partial charge >= 0.3 is 0 Å². The molecular formula is C10H16N2O. The van der Waals surface area contributed by atoms with E-state index in [1.165, 1.54) is 0 Å². The Kier molecular flexibility index (Phi) is 2.66. The van der Waals surface area contributed by atoms with Crippen LogP contribution < -0.4 is 9.80 Å². The summed E-state index contributed by atoms with van der Waals surface area (Å²) in [5.74, 6) is 0.331. The zero-order valence-electron chi connectivity index (χ0n) is 8.57. The average Bonchev–Trinajstić information content (AvgIpc) is 2.03. The summed E-state index contributed by atoms with van der Waals surface area (Å²) in [6, 6.07) is 5.72. The van der Waals surface area contributed by atoms with Crippen LogP contribution in [0.25, 0.3) is 0 Å². The molecule has 1 rings (SSSR count). The standard InChI is InChI=1S/C10H16N2O/c1-11(2)8-6-5-7-9(10(8)13)12(3)4/h5-7,13H,1-4H3. The molecule has 1 N–H and O–H groups in total. The lowest BCUT2D eigenvalue weighted by molar-refractivity contribution is 0.476. The first kappa shape index (κ1) is 9.71. The fourth-order valence-electron chi connectivity index (χ4n) is 1.24. The number of nitrogens with zero attached hydrogens (tertiary/aromatic N) is 2. The first-order chi connectivity index (χ1) is 6.04. The molecule has 0 saturated carbocycles. The van der Waals surface area contributed by atoms with Crippen LogP contribution in [0.3, 0.4) is 0 Å². The van der Waals surface area contributed by atoms with Crippen LogP contribution in [0.5, 0.6) is 5.75 Å². The zero-order valence-corrected chi connectivity index (χ0v) is 8.57. The molecule has 0 aromatic heterocycles. The summed E-state index contributed by atoms with van der Waals surface area (Å²) < 4.78 is 0. The molecule has 0 bridgehead atoms. The minimum atomic E-state index is 0.331. The van der Waals surface area contributed by atoms with Gasteiger partial charge in [-0.1, -0.05) is 6.07 Å². The molecule has 0 radical (unpaired) electrons. The summed E-state index contributed by atoms with van der Waals surface area (Å²) in [4.78, 5) is 3.78. The van der Waals surface area contributed by atoms with Crippen LogP contribution in [0.2, 0.25) is 0 Å². The second-order valence-corrected chi connectivity index (χ2v) is 3.43. The Morgan fingerprint density at radius 3 is 1.62 bits per heavy atom. The summed E-state index contributed by atoms with van der Waals surface area (Å²) in [5.41, 5.74) is 1.68. The van der Waals surface area contributed by atoms with Crippen molar-refractivity contribution in [1.29, 1.82) is 0 Å². The minimum Gasteiger partial charge on any atom is -0.504 e. The van der Waals surface area contributed by atoms with Crippen LogP contribution in [0.1, 0.15) is 0 Å².